The number of unbranched alkanes of at least 4 members (excludes halogenated alkanes) is 2. The molecule has 1 aliphatic heterocycles. The minimum Gasteiger partial charge on any atom is -0.495 e. The first-order valence-electron chi connectivity index (χ1n) is 9.60. The maximum Gasteiger partial charge on any atom is 0.305 e. The molecule has 0 amide bonds. The molecule has 1 N–H and O–H groups in total. The quantitative estimate of drug-likeness (QED) is 0.193. The van der Waals surface area contributed by atoms with Gasteiger partial charge in [0.05, 0.1) is 19.9 Å². The zero-order chi connectivity index (χ0) is 19.5. The standard InChI is InChI=1S/C20H32N4O3.HI/c1-21-20(22-12-8-4-5-11-19(25)27-3)24-15-13-23(14-16-24)17-9-6-7-10-18(17)26-2;/h6-7,9-10H,4-5,8,11-16H2,1-3H3,(H,21,22);1H. The molecule has 8 heteroatoms. The summed E-state index contributed by atoms with van der Waals surface area (Å²) in [7, 11) is 4.97. The number of para-hydroxylation sites is 2. The average Bonchev–Trinajstić information content (AvgIpc) is 2.73. The summed E-state index contributed by atoms with van der Waals surface area (Å²) >= 11 is 0. The Balaban J connectivity index is 0.00000392. The van der Waals surface area contributed by atoms with Crippen LogP contribution in [-0.2, 0) is 9.53 Å². The number of esters is 1. The van der Waals surface area contributed by atoms with Crippen LogP contribution in [0.4, 0.5) is 5.69 Å². The summed E-state index contributed by atoms with van der Waals surface area (Å²) < 4.78 is 10.1. The van der Waals surface area contributed by atoms with E-state index >= 15 is 0 Å². The predicted molar refractivity (Wildman–Crippen MR) is 124 cm³/mol. The van der Waals surface area contributed by atoms with E-state index in [1.54, 1.807) is 7.11 Å². The Bertz CT molecular complexity index is 619. The molecule has 1 aromatic carbocycles. The largest absolute Gasteiger partial charge is 0.495 e. The average molecular weight is 504 g/mol. The van der Waals surface area contributed by atoms with Crippen molar-refractivity contribution in [2.24, 2.45) is 4.99 Å². The van der Waals surface area contributed by atoms with E-state index in [4.69, 9.17) is 4.74 Å². The molecule has 1 aromatic rings. The van der Waals surface area contributed by atoms with Crippen LogP contribution >= 0.6 is 24.0 Å². The minimum atomic E-state index is -0.133. The molecule has 28 heavy (non-hydrogen) atoms. The fraction of sp³-hybridized carbons (Fsp3) is 0.600. The fourth-order valence-corrected chi connectivity index (χ4v) is 3.26. The van der Waals surface area contributed by atoms with Crippen LogP contribution in [0.25, 0.3) is 0 Å². The highest BCUT2D eigenvalue weighted by Crippen LogP contribution is 2.28. The van der Waals surface area contributed by atoms with Crippen LogP contribution in [0, 0.1) is 0 Å². The predicted octanol–water partition coefficient (Wildman–Crippen LogP) is 2.74. The van der Waals surface area contributed by atoms with Gasteiger partial charge in [-0.05, 0) is 25.0 Å². The van der Waals surface area contributed by atoms with E-state index in [0.29, 0.717) is 6.42 Å². The third-order valence-electron chi connectivity index (χ3n) is 4.79. The Kier molecular flexibility index (Phi) is 11.7. The lowest BCUT2D eigenvalue weighted by atomic mass is 10.2. The van der Waals surface area contributed by atoms with Crippen molar-refractivity contribution in [2.45, 2.75) is 25.7 Å². The lowest BCUT2D eigenvalue weighted by molar-refractivity contribution is -0.140. The molecular weight excluding hydrogens is 471 g/mol. The van der Waals surface area contributed by atoms with Crippen molar-refractivity contribution in [2.75, 3.05) is 58.9 Å². The summed E-state index contributed by atoms with van der Waals surface area (Å²) in [4.78, 5) is 20.2. The summed E-state index contributed by atoms with van der Waals surface area (Å²) in [5, 5.41) is 3.43. The van der Waals surface area contributed by atoms with E-state index in [0.717, 1.165) is 69.4 Å². The number of hydrogen-bond acceptors (Lipinski definition) is 5. The van der Waals surface area contributed by atoms with E-state index in [9.17, 15) is 4.79 Å². The van der Waals surface area contributed by atoms with Crippen molar-refractivity contribution >= 4 is 41.6 Å². The second-order valence-electron chi connectivity index (χ2n) is 6.51. The monoisotopic (exact) mass is 504 g/mol. The van der Waals surface area contributed by atoms with E-state index in [2.05, 4.69) is 30.9 Å². The molecule has 0 aliphatic carbocycles. The van der Waals surface area contributed by atoms with Crippen LogP contribution in [0.5, 0.6) is 5.75 Å². The first-order valence-corrected chi connectivity index (χ1v) is 9.60. The molecule has 158 valence electrons. The second kappa shape index (κ2) is 13.5. The number of carbonyl (C=O) groups excluding carboxylic acids is 1. The van der Waals surface area contributed by atoms with Gasteiger partial charge in [0.15, 0.2) is 5.96 Å². The highest BCUT2D eigenvalue weighted by atomic mass is 127. The highest BCUT2D eigenvalue weighted by molar-refractivity contribution is 14.0. The number of carbonyl (C=O) groups is 1. The topological polar surface area (TPSA) is 66.4 Å². The Hall–Kier alpha value is -1.71. The summed E-state index contributed by atoms with van der Waals surface area (Å²) in [5.74, 6) is 1.73. The van der Waals surface area contributed by atoms with Gasteiger partial charge in [0.2, 0.25) is 0 Å². The van der Waals surface area contributed by atoms with Crippen LogP contribution in [-0.4, -0.2) is 70.8 Å². The first-order chi connectivity index (χ1) is 13.2. The Morgan fingerprint density at radius 3 is 2.46 bits per heavy atom. The lowest BCUT2D eigenvalue weighted by Crippen LogP contribution is -2.52. The van der Waals surface area contributed by atoms with Gasteiger partial charge in [-0.1, -0.05) is 18.6 Å². The molecule has 0 atom stereocenters. The number of rotatable bonds is 8. The molecule has 7 nitrogen and oxygen atoms in total. The molecule has 1 heterocycles. The molecule has 0 spiro atoms. The van der Waals surface area contributed by atoms with Crippen molar-refractivity contribution in [3.63, 3.8) is 0 Å². The van der Waals surface area contributed by atoms with Crippen molar-refractivity contribution in [1.29, 1.82) is 0 Å². The van der Waals surface area contributed by atoms with Gasteiger partial charge in [-0.15, -0.1) is 24.0 Å². The number of hydrogen-bond donors (Lipinski definition) is 1. The van der Waals surface area contributed by atoms with Crippen LogP contribution in [0.15, 0.2) is 29.3 Å². The Morgan fingerprint density at radius 1 is 1.11 bits per heavy atom. The number of halogens is 1. The number of nitrogens with zero attached hydrogens (tertiary/aromatic N) is 3. The van der Waals surface area contributed by atoms with Gasteiger partial charge in [-0.25, -0.2) is 0 Å². The zero-order valence-corrected chi connectivity index (χ0v) is 19.5. The van der Waals surface area contributed by atoms with Gasteiger partial charge in [-0.3, -0.25) is 9.79 Å². The number of guanidine groups is 1. The normalized spacial score (nSPS) is 14.3. The molecule has 0 unspecified atom stereocenters. The van der Waals surface area contributed by atoms with Crippen LogP contribution in [0.3, 0.4) is 0 Å². The number of methoxy groups -OCH3 is 2. The minimum absolute atomic E-state index is 0. The maximum absolute atomic E-state index is 11.1. The van der Waals surface area contributed by atoms with E-state index in [-0.39, 0.29) is 29.9 Å². The number of aliphatic imine (C=N–C) groups is 1. The van der Waals surface area contributed by atoms with Crippen LogP contribution in [0.2, 0.25) is 0 Å². The molecular formula is C20H33IN4O3. The summed E-state index contributed by atoms with van der Waals surface area (Å²) in [6.45, 7) is 4.56. The number of benzene rings is 1. The Morgan fingerprint density at radius 2 is 1.82 bits per heavy atom. The second-order valence-corrected chi connectivity index (χ2v) is 6.51. The third kappa shape index (κ3) is 7.37. The third-order valence-corrected chi connectivity index (χ3v) is 4.79. The molecule has 1 fully saturated rings. The maximum atomic E-state index is 11.1. The molecule has 0 aromatic heterocycles. The van der Waals surface area contributed by atoms with Crippen molar-refractivity contribution in [3.05, 3.63) is 24.3 Å². The number of piperazine rings is 1. The number of nitrogens with one attached hydrogen (secondary N) is 1. The van der Waals surface area contributed by atoms with Gasteiger partial charge in [0.1, 0.15) is 5.75 Å². The number of anilines is 1. The molecule has 1 saturated heterocycles. The molecule has 2 rings (SSSR count). The smallest absolute Gasteiger partial charge is 0.305 e. The summed E-state index contributed by atoms with van der Waals surface area (Å²) in [6, 6.07) is 8.15. The van der Waals surface area contributed by atoms with E-state index in [1.807, 2.05) is 25.2 Å². The van der Waals surface area contributed by atoms with Crippen molar-refractivity contribution in [3.8, 4) is 5.75 Å². The van der Waals surface area contributed by atoms with Crippen LogP contribution < -0.4 is 15.0 Å². The van der Waals surface area contributed by atoms with Crippen molar-refractivity contribution < 1.29 is 14.3 Å². The summed E-state index contributed by atoms with van der Waals surface area (Å²) in [6.07, 6.45) is 3.37. The lowest BCUT2D eigenvalue weighted by Gasteiger charge is -2.38. The van der Waals surface area contributed by atoms with E-state index in [1.165, 1.54) is 7.11 Å². The van der Waals surface area contributed by atoms with Gasteiger partial charge in [-0.2, -0.15) is 0 Å². The van der Waals surface area contributed by atoms with Gasteiger partial charge in [0.25, 0.3) is 0 Å². The van der Waals surface area contributed by atoms with Gasteiger partial charge >= 0.3 is 5.97 Å². The molecule has 0 bridgehead atoms. The zero-order valence-electron chi connectivity index (χ0n) is 17.1. The summed E-state index contributed by atoms with van der Waals surface area (Å²) in [5.41, 5.74) is 1.15. The first kappa shape index (κ1) is 24.3. The van der Waals surface area contributed by atoms with Crippen LogP contribution in [0.1, 0.15) is 25.7 Å². The highest BCUT2D eigenvalue weighted by Gasteiger charge is 2.21. The SMILES string of the molecule is CN=C(NCCCCCC(=O)OC)N1CCN(c2ccccc2OC)CC1.I. The fourth-order valence-electron chi connectivity index (χ4n) is 3.26. The van der Waals surface area contributed by atoms with E-state index < -0.39 is 0 Å². The van der Waals surface area contributed by atoms with Crippen molar-refractivity contribution in [1.82, 2.24) is 10.2 Å². The Labute approximate surface area is 185 Å². The molecule has 0 radical (unpaired) electrons. The molecule has 1 aliphatic rings. The molecule has 0 saturated carbocycles. The van der Waals surface area contributed by atoms with Gasteiger partial charge in [0, 0.05) is 46.2 Å². The van der Waals surface area contributed by atoms with Gasteiger partial charge < -0.3 is 24.6 Å². The number of ether oxygens (including phenoxy) is 2.